The van der Waals surface area contributed by atoms with E-state index >= 15 is 0 Å². The van der Waals surface area contributed by atoms with E-state index in [9.17, 15) is 0 Å². The topological polar surface area (TPSA) is 0 Å². The Morgan fingerprint density at radius 3 is 2.00 bits per heavy atom. The van der Waals surface area contributed by atoms with E-state index in [1.165, 1.54) is 5.56 Å². The first-order valence-electron chi connectivity index (χ1n) is 2.95. The Kier molecular flexibility index (Phi) is 4.79. The summed E-state index contributed by atoms with van der Waals surface area (Å²) in [5.74, 6) is 0. The van der Waals surface area contributed by atoms with Gasteiger partial charge in [-0.15, -0.1) is 0 Å². The molecule has 12 heavy (non-hydrogen) atoms. The molecule has 1 rings (SSSR count). The highest BCUT2D eigenvalue weighted by molar-refractivity contribution is 9.14. The largest absolute Gasteiger partial charge is 0.0875 e. The van der Waals surface area contributed by atoms with Crippen molar-refractivity contribution in [3.63, 3.8) is 0 Å². The van der Waals surface area contributed by atoms with Crippen LogP contribution in [0.2, 0.25) is 0 Å². The van der Waals surface area contributed by atoms with Crippen LogP contribution < -0.4 is 0 Å². The fourth-order valence-corrected chi connectivity index (χ4v) is 4.82. The summed E-state index contributed by atoms with van der Waals surface area (Å²) < 4.78 is 4.23. The van der Waals surface area contributed by atoms with Crippen molar-refractivity contribution in [3.05, 3.63) is 29.5 Å². The molecule has 0 spiro atoms. The Morgan fingerprint density at radius 1 is 0.917 bits per heavy atom. The van der Waals surface area contributed by atoms with Crippen LogP contribution in [0.5, 0.6) is 0 Å². The highest BCUT2D eigenvalue weighted by Crippen LogP contribution is 2.38. The zero-order valence-corrected chi connectivity index (χ0v) is 13.6. The van der Waals surface area contributed by atoms with Gasteiger partial charge >= 0.3 is 0 Å². The Labute approximate surface area is 113 Å². The predicted octanol–water partition coefficient (Wildman–Crippen LogP) is 5.63. The molecular weight excluding hydrogens is 484 g/mol. The highest BCUT2D eigenvalue weighted by Gasteiger charge is 2.10. The third-order valence-electron chi connectivity index (χ3n) is 1.34. The Hall–Kier alpha value is 1.62. The van der Waals surface area contributed by atoms with Gasteiger partial charge in [0.2, 0.25) is 0 Å². The van der Waals surface area contributed by atoms with Crippen molar-refractivity contribution in [2.45, 2.75) is 5.33 Å². The first-order valence-corrected chi connectivity index (χ1v) is 7.25. The lowest BCUT2D eigenvalue weighted by molar-refractivity contribution is 1.33. The summed E-state index contributed by atoms with van der Waals surface area (Å²) in [4.78, 5) is 0. The number of hydrogen-bond donors (Lipinski definition) is 0. The molecule has 0 heterocycles. The fourth-order valence-electron chi connectivity index (χ4n) is 0.726. The second-order valence-corrected chi connectivity index (χ2v) is 5.94. The van der Waals surface area contributed by atoms with Crippen LogP contribution in [0.25, 0.3) is 0 Å². The summed E-state index contributed by atoms with van der Waals surface area (Å²) in [5, 5.41) is 0.819. The summed E-state index contributed by atoms with van der Waals surface area (Å²) in [6, 6.07) is 2.02. The summed E-state index contributed by atoms with van der Waals surface area (Å²) in [7, 11) is 0. The Bertz CT molecular complexity index is 307. The fraction of sp³-hybridized carbons (Fsp3) is 0.143. The maximum absolute atomic E-state index is 3.51. The van der Waals surface area contributed by atoms with Gasteiger partial charge in [0, 0.05) is 23.2 Å². The van der Waals surface area contributed by atoms with E-state index < -0.39 is 0 Å². The normalized spacial score (nSPS) is 10.4. The van der Waals surface area contributed by atoms with Crippen LogP contribution >= 0.6 is 79.6 Å². The van der Waals surface area contributed by atoms with E-state index in [1.807, 2.05) is 6.07 Å². The van der Waals surface area contributed by atoms with Gasteiger partial charge in [-0.2, -0.15) is 0 Å². The van der Waals surface area contributed by atoms with Gasteiger partial charge in [0.1, 0.15) is 0 Å². The van der Waals surface area contributed by atoms with E-state index in [0.29, 0.717) is 0 Å². The second-order valence-electron chi connectivity index (χ2n) is 2.08. The molecule has 1 aromatic carbocycles. The zero-order chi connectivity index (χ0) is 9.30. The van der Waals surface area contributed by atoms with Crippen LogP contribution in [0.1, 0.15) is 5.56 Å². The molecule has 0 radical (unpaired) electrons. The molecule has 0 aliphatic heterocycles. The quantitative estimate of drug-likeness (QED) is 0.274. The van der Waals surface area contributed by atoms with Crippen LogP contribution in [0.3, 0.4) is 0 Å². The molecule has 1 aromatic rings. The Morgan fingerprint density at radius 2 is 1.50 bits per heavy atom. The van der Waals surface area contributed by atoms with Crippen LogP contribution in [-0.4, -0.2) is 0 Å². The molecule has 66 valence electrons. The summed E-state index contributed by atoms with van der Waals surface area (Å²) in [5.41, 5.74) is 1.20. The third kappa shape index (κ3) is 2.35. The van der Waals surface area contributed by atoms with Crippen molar-refractivity contribution in [2.24, 2.45) is 0 Å². The minimum atomic E-state index is 0.819. The SMILES string of the molecule is BrCc1c(Br)cc(Br)c(Br)c1Br. The van der Waals surface area contributed by atoms with Gasteiger partial charge in [0.15, 0.2) is 0 Å². The van der Waals surface area contributed by atoms with Gasteiger partial charge in [-0.1, -0.05) is 31.9 Å². The average Bonchev–Trinajstić information content (AvgIpc) is 2.01. The van der Waals surface area contributed by atoms with Crippen molar-refractivity contribution in [3.8, 4) is 0 Å². The van der Waals surface area contributed by atoms with Crippen LogP contribution in [0.15, 0.2) is 24.0 Å². The molecule has 0 fully saturated rings. The molecule has 0 N–H and O–H groups in total. The average molecular weight is 487 g/mol. The number of halogens is 5. The van der Waals surface area contributed by atoms with Crippen LogP contribution in [0.4, 0.5) is 0 Å². The number of hydrogen-bond acceptors (Lipinski definition) is 0. The maximum Gasteiger partial charge on any atom is 0.0463 e. The van der Waals surface area contributed by atoms with Gasteiger partial charge in [-0.3, -0.25) is 0 Å². The second kappa shape index (κ2) is 4.91. The molecule has 0 unspecified atom stereocenters. The van der Waals surface area contributed by atoms with Crippen molar-refractivity contribution in [1.29, 1.82) is 0 Å². The molecule has 5 heteroatoms. The Balaban J connectivity index is 3.40. The minimum Gasteiger partial charge on any atom is -0.0875 e. The number of alkyl halides is 1. The molecule has 0 saturated carbocycles. The third-order valence-corrected chi connectivity index (χ3v) is 6.00. The first-order chi connectivity index (χ1) is 5.57. The van der Waals surface area contributed by atoms with E-state index in [0.717, 1.165) is 23.2 Å². The van der Waals surface area contributed by atoms with E-state index in [2.05, 4.69) is 79.6 Å². The van der Waals surface area contributed by atoms with Crippen LogP contribution in [0, 0.1) is 0 Å². The lowest BCUT2D eigenvalue weighted by atomic mass is 10.2. The van der Waals surface area contributed by atoms with Crippen molar-refractivity contribution < 1.29 is 0 Å². The van der Waals surface area contributed by atoms with Crippen molar-refractivity contribution >= 4 is 79.6 Å². The summed E-state index contributed by atoms with van der Waals surface area (Å²) in [6.07, 6.45) is 0. The lowest BCUT2D eigenvalue weighted by Gasteiger charge is -2.07. The summed E-state index contributed by atoms with van der Waals surface area (Å²) >= 11 is 17.3. The van der Waals surface area contributed by atoms with Gasteiger partial charge in [-0.05, 0) is 59.4 Å². The van der Waals surface area contributed by atoms with E-state index in [4.69, 9.17) is 0 Å². The van der Waals surface area contributed by atoms with Gasteiger partial charge in [-0.25, -0.2) is 0 Å². The van der Waals surface area contributed by atoms with Gasteiger partial charge < -0.3 is 0 Å². The van der Waals surface area contributed by atoms with Gasteiger partial charge in [0.05, 0.1) is 0 Å². The monoisotopic (exact) mass is 482 g/mol. The summed E-state index contributed by atoms with van der Waals surface area (Å²) in [6.45, 7) is 0. The van der Waals surface area contributed by atoms with E-state index in [1.54, 1.807) is 0 Å². The zero-order valence-electron chi connectivity index (χ0n) is 5.67. The molecule has 0 bridgehead atoms. The van der Waals surface area contributed by atoms with Crippen molar-refractivity contribution in [2.75, 3.05) is 0 Å². The molecule has 0 saturated heterocycles. The molecule has 0 atom stereocenters. The number of rotatable bonds is 1. The maximum atomic E-state index is 3.51. The minimum absolute atomic E-state index is 0.819. The van der Waals surface area contributed by atoms with Gasteiger partial charge in [0.25, 0.3) is 0 Å². The molecular formula is C7H3Br5. The van der Waals surface area contributed by atoms with Crippen molar-refractivity contribution in [1.82, 2.24) is 0 Å². The van der Waals surface area contributed by atoms with Crippen LogP contribution in [-0.2, 0) is 5.33 Å². The first kappa shape index (κ1) is 11.7. The molecule has 0 nitrogen and oxygen atoms in total. The number of benzene rings is 1. The molecule has 0 aliphatic carbocycles. The highest BCUT2D eigenvalue weighted by atomic mass is 79.9. The predicted molar refractivity (Wildman–Crippen MR) is 69.9 cm³/mol. The molecule has 0 aromatic heterocycles. The molecule has 0 amide bonds. The lowest BCUT2D eigenvalue weighted by Crippen LogP contribution is -1.85. The molecule has 0 aliphatic rings. The smallest absolute Gasteiger partial charge is 0.0463 e. The standard InChI is InChI=1S/C7H3Br5/c8-2-3-4(9)1-5(10)7(12)6(3)11/h1H,2H2. The van der Waals surface area contributed by atoms with E-state index in [-0.39, 0.29) is 0 Å².